The van der Waals surface area contributed by atoms with Gasteiger partial charge >= 0.3 is 12.4 Å². The molecular weight excluding hydrogens is 552 g/mol. The molecule has 7 atom stereocenters. The number of rotatable bonds is 3. The van der Waals surface area contributed by atoms with Gasteiger partial charge in [-0.3, -0.25) is 4.90 Å². The van der Waals surface area contributed by atoms with Gasteiger partial charge in [0.05, 0.1) is 12.0 Å². The number of nitrogens with two attached hydrogens (primary N) is 1. The third-order valence-electron chi connectivity index (χ3n) is 10.2. The van der Waals surface area contributed by atoms with Gasteiger partial charge in [-0.15, -0.1) is 0 Å². The van der Waals surface area contributed by atoms with Crippen LogP contribution in [0.5, 0.6) is 0 Å². The standard InChI is InChI=1S/C28H39F6N5O2/c29-27(30,31)19-10-20(35)22-23-37-38-24(41-23)26(40,28(32,33)34)8-2-1-3-9-39(15-21(19)36-22)14-16-4-6-18(7-5-16)25-11-17(12-25)13-25/h4-7,17,19-24,36-38,40H,1-3,8-15,35H2/t17?,19?,20?,21?,22?,23?,24?,25?,26-/m1/s1. The Labute approximate surface area is 235 Å². The van der Waals surface area contributed by atoms with E-state index in [2.05, 4.69) is 28.3 Å². The molecule has 230 valence electrons. The van der Waals surface area contributed by atoms with Crippen LogP contribution in [0.3, 0.4) is 0 Å². The minimum absolute atomic E-state index is 0.0730. The van der Waals surface area contributed by atoms with Gasteiger partial charge in [0, 0.05) is 25.2 Å². The second-order valence-electron chi connectivity index (χ2n) is 13.0. The second-order valence-corrected chi connectivity index (χ2v) is 13.0. The molecule has 7 nitrogen and oxygen atoms in total. The third-order valence-corrected chi connectivity index (χ3v) is 10.2. The van der Waals surface area contributed by atoms with Gasteiger partial charge in [-0.25, -0.2) is 10.9 Å². The number of nitrogens with one attached hydrogen (secondary N) is 3. The highest BCUT2D eigenvalue weighted by molar-refractivity contribution is 5.36. The maximum Gasteiger partial charge on any atom is 0.421 e. The van der Waals surface area contributed by atoms with Crippen LogP contribution >= 0.6 is 0 Å². The number of halogens is 6. The summed E-state index contributed by atoms with van der Waals surface area (Å²) in [5.74, 6) is -0.876. The van der Waals surface area contributed by atoms with Crippen LogP contribution < -0.4 is 21.9 Å². The van der Waals surface area contributed by atoms with Crippen molar-refractivity contribution < 1.29 is 36.2 Å². The van der Waals surface area contributed by atoms with Crippen molar-refractivity contribution in [1.29, 1.82) is 0 Å². The molecule has 0 spiro atoms. The van der Waals surface area contributed by atoms with E-state index in [1.54, 1.807) is 0 Å². The summed E-state index contributed by atoms with van der Waals surface area (Å²) in [4.78, 5) is 1.95. The lowest BCUT2D eigenvalue weighted by Gasteiger charge is -2.62. The van der Waals surface area contributed by atoms with Crippen LogP contribution in [0.15, 0.2) is 24.3 Å². The molecule has 0 amide bonds. The predicted molar refractivity (Wildman–Crippen MR) is 138 cm³/mol. The van der Waals surface area contributed by atoms with Crippen LogP contribution in [-0.4, -0.2) is 71.6 Å². The summed E-state index contributed by atoms with van der Waals surface area (Å²) in [6.45, 7) is 0.928. The van der Waals surface area contributed by atoms with Crippen molar-refractivity contribution >= 4 is 0 Å². The van der Waals surface area contributed by atoms with E-state index in [4.69, 9.17) is 10.5 Å². The largest absolute Gasteiger partial charge is 0.421 e. The maximum atomic E-state index is 14.2. The first-order valence-corrected chi connectivity index (χ1v) is 14.6. The van der Waals surface area contributed by atoms with Crippen LogP contribution in [0.1, 0.15) is 62.5 Å². The SMILES string of the molecule is NC1CC(C(F)(F)F)C2CN(Cc3ccc(C45CC(C4)C5)cc3)CCCCC[C@](O)(C(F)(F)F)C3NNC(O3)C1N2. The van der Waals surface area contributed by atoms with Crippen LogP contribution in [0.25, 0.3) is 0 Å². The quantitative estimate of drug-likeness (QED) is 0.344. The molecule has 3 saturated heterocycles. The Morgan fingerprint density at radius 3 is 2.32 bits per heavy atom. The average Bonchev–Trinajstić information content (AvgIpc) is 3.32. The van der Waals surface area contributed by atoms with E-state index in [0.717, 1.165) is 11.5 Å². The summed E-state index contributed by atoms with van der Waals surface area (Å²) < 4.78 is 90.3. The average molecular weight is 592 g/mol. The molecule has 7 rings (SSSR count). The summed E-state index contributed by atoms with van der Waals surface area (Å²) in [6, 6.07) is 5.35. The topological polar surface area (TPSA) is 94.8 Å². The van der Waals surface area contributed by atoms with Crippen molar-refractivity contribution in [3.8, 4) is 0 Å². The molecule has 1 aromatic rings. The molecule has 0 aromatic heterocycles. The van der Waals surface area contributed by atoms with Crippen LogP contribution in [0.2, 0.25) is 0 Å². The second kappa shape index (κ2) is 10.6. The third kappa shape index (κ3) is 5.51. The number of hydrogen-bond acceptors (Lipinski definition) is 7. The summed E-state index contributed by atoms with van der Waals surface area (Å²) in [6.07, 6.45) is -8.85. The Hall–Kier alpha value is -1.48. The molecular formula is C28H39F6N5O2. The maximum absolute atomic E-state index is 14.2. The van der Waals surface area contributed by atoms with Gasteiger partial charge in [0.1, 0.15) is 6.23 Å². The van der Waals surface area contributed by atoms with E-state index in [1.807, 2.05) is 17.0 Å². The molecule has 6 N–H and O–H groups in total. The van der Waals surface area contributed by atoms with Gasteiger partial charge in [0.25, 0.3) is 0 Å². The number of ether oxygens (including phenoxy) is 1. The summed E-state index contributed by atoms with van der Waals surface area (Å²) in [5, 5.41) is 13.7. The number of nitrogens with zero attached hydrogens (tertiary/aromatic N) is 1. The molecule has 0 radical (unpaired) electrons. The fourth-order valence-corrected chi connectivity index (χ4v) is 7.62. The van der Waals surface area contributed by atoms with Gasteiger partial charge in [-0.1, -0.05) is 37.1 Å². The van der Waals surface area contributed by atoms with Crippen molar-refractivity contribution in [3.05, 3.63) is 35.4 Å². The normalized spacial score (nSPS) is 42.2. The summed E-state index contributed by atoms with van der Waals surface area (Å²) in [5.41, 5.74) is 10.6. The monoisotopic (exact) mass is 591 g/mol. The zero-order valence-electron chi connectivity index (χ0n) is 22.8. The molecule has 6 bridgehead atoms. The van der Waals surface area contributed by atoms with E-state index in [0.29, 0.717) is 31.3 Å². The minimum atomic E-state index is -4.98. The highest BCUT2D eigenvalue weighted by Crippen LogP contribution is 2.65. The van der Waals surface area contributed by atoms with Crippen molar-refractivity contribution in [2.45, 2.75) is 112 Å². The Kier molecular flexibility index (Phi) is 7.65. The number of benzene rings is 1. The molecule has 6 aliphatic rings. The molecule has 3 aliphatic carbocycles. The lowest BCUT2D eigenvalue weighted by atomic mass is 9.42. The lowest BCUT2D eigenvalue weighted by molar-refractivity contribution is -0.300. The number of fused-ring (bicyclic) bond motifs is 5. The van der Waals surface area contributed by atoms with Gasteiger partial charge in [0.15, 0.2) is 6.23 Å². The Morgan fingerprint density at radius 1 is 1.00 bits per heavy atom. The zero-order valence-corrected chi connectivity index (χ0v) is 22.8. The summed E-state index contributed by atoms with van der Waals surface area (Å²) >= 11 is 0. The van der Waals surface area contributed by atoms with Crippen molar-refractivity contribution in [3.63, 3.8) is 0 Å². The zero-order chi connectivity index (χ0) is 29.2. The number of hydrazine groups is 1. The molecule has 3 heterocycles. The first-order valence-electron chi connectivity index (χ1n) is 14.6. The van der Waals surface area contributed by atoms with Gasteiger partial charge in [-0.2, -0.15) is 26.3 Å². The van der Waals surface area contributed by atoms with Crippen LogP contribution in [0, 0.1) is 11.8 Å². The Morgan fingerprint density at radius 2 is 1.71 bits per heavy atom. The van der Waals surface area contributed by atoms with E-state index in [1.165, 1.54) is 24.8 Å². The number of piperidine rings is 1. The van der Waals surface area contributed by atoms with Gasteiger partial charge in [-0.05, 0) is 67.5 Å². The first-order chi connectivity index (χ1) is 19.3. The molecule has 3 saturated carbocycles. The highest BCUT2D eigenvalue weighted by atomic mass is 19.4. The minimum Gasteiger partial charge on any atom is -0.377 e. The molecule has 6 unspecified atom stereocenters. The molecule has 13 heteroatoms. The first kappa shape index (κ1) is 29.6. The Bertz CT molecular complexity index is 1070. The predicted octanol–water partition coefficient (Wildman–Crippen LogP) is 3.42. The fraction of sp³-hybridized carbons (Fsp3) is 0.786. The lowest BCUT2D eigenvalue weighted by Crippen LogP contribution is -2.68. The van der Waals surface area contributed by atoms with Crippen LogP contribution in [-0.2, 0) is 16.7 Å². The van der Waals surface area contributed by atoms with Crippen molar-refractivity contribution in [1.82, 2.24) is 21.1 Å². The van der Waals surface area contributed by atoms with Gasteiger partial charge in [0.2, 0.25) is 5.60 Å². The Balaban J connectivity index is 1.24. The number of aliphatic hydroxyl groups is 1. The highest BCUT2D eigenvalue weighted by Gasteiger charge is 2.62. The molecule has 6 fully saturated rings. The number of hydrogen-bond donors (Lipinski definition) is 5. The smallest absolute Gasteiger partial charge is 0.377 e. The molecule has 3 aliphatic heterocycles. The van der Waals surface area contributed by atoms with Crippen molar-refractivity contribution in [2.75, 3.05) is 13.1 Å². The summed E-state index contributed by atoms with van der Waals surface area (Å²) in [7, 11) is 0. The van der Waals surface area contributed by atoms with E-state index in [-0.39, 0.29) is 13.0 Å². The van der Waals surface area contributed by atoms with E-state index >= 15 is 0 Å². The van der Waals surface area contributed by atoms with E-state index < -0.39 is 67.3 Å². The number of alkyl halides is 6. The molecule has 1 aromatic carbocycles. The van der Waals surface area contributed by atoms with Crippen LogP contribution in [0.4, 0.5) is 26.3 Å². The van der Waals surface area contributed by atoms with E-state index in [9.17, 15) is 31.4 Å². The molecule has 41 heavy (non-hydrogen) atoms. The van der Waals surface area contributed by atoms with Crippen molar-refractivity contribution in [2.24, 2.45) is 17.6 Å². The van der Waals surface area contributed by atoms with Gasteiger partial charge < -0.3 is 20.9 Å². The fourth-order valence-electron chi connectivity index (χ4n) is 7.62.